The second kappa shape index (κ2) is 13.3. The maximum absolute atomic E-state index is 6.15. The number of aromatic nitrogens is 3. The van der Waals surface area contributed by atoms with Gasteiger partial charge in [0.05, 0.1) is 5.58 Å². The van der Waals surface area contributed by atoms with Crippen LogP contribution in [0.15, 0.2) is 126 Å². The standard InChI is InChI=1S/C24H17N2O.C12H10N.Ir/c1-2-7-17(8-3-1)12-13-18-14-15-20-19-9-6-10-21(22-11-4-5-16-25-22)23(19)27-24(20)26-18;1-10-7-8-12(13-9-10)11-5-3-2-4-6-11;/h1-9,11,14-16H,12-13H2;2-5,7-9H,1H3;/q2*-1;. The predicted octanol–water partition coefficient (Wildman–Crippen LogP) is 8.48. The van der Waals surface area contributed by atoms with E-state index in [-0.39, 0.29) is 20.1 Å². The maximum atomic E-state index is 6.15. The van der Waals surface area contributed by atoms with Gasteiger partial charge in [-0.25, -0.2) is 4.98 Å². The third-order valence-electron chi connectivity index (χ3n) is 6.69. The molecule has 0 aliphatic rings. The Kier molecular flexibility index (Phi) is 9.10. The molecule has 5 heteroatoms. The molecule has 203 valence electrons. The number of aryl methyl sites for hydroxylation is 3. The molecule has 0 saturated carbocycles. The minimum absolute atomic E-state index is 0. The molecule has 41 heavy (non-hydrogen) atoms. The van der Waals surface area contributed by atoms with E-state index in [9.17, 15) is 0 Å². The summed E-state index contributed by atoms with van der Waals surface area (Å²) < 4.78 is 6.15. The van der Waals surface area contributed by atoms with Crippen LogP contribution in [-0.2, 0) is 32.9 Å². The molecule has 0 saturated heterocycles. The van der Waals surface area contributed by atoms with E-state index in [0.29, 0.717) is 5.71 Å². The molecule has 0 unspecified atom stereocenters. The Bertz CT molecular complexity index is 1840. The molecule has 7 rings (SSSR count). The summed E-state index contributed by atoms with van der Waals surface area (Å²) >= 11 is 0. The molecule has 1 radical (unpaired) electrons. The molecule has 0 fully saturated rings. The number of benzene rings is 3. The van der Waals surface area contributed by atoms with Crippen molar-refractivity contribution in [2.75, 3.05) is 0 Å². The predicted molar refractivity (Wildman–Crippen MR) is 161 cm³/mol. The van der Waals surface area contributed by atoms with E-state index in [1.54, 1.807) is 6.20 Å². The van der Waals surface area contributed by atoms with Crippen LogP contribution in [0, 0.1) is 19.1 Å². The van der Waals surface area contributed by atoms with Gasteiger partial charge in [-0.2, -0.15) is 0 Å². The summed E-state index contributed by atoms with van der Waals surface area (Å²) in [6.45, 7) is 2.03. The summed E-state index contributed by atoms with van der Waals surface area (Å²) in [4.78, 5) is 13.5. The first kappa shape index (κ1) is 28.1. The van der Waals surface area contributed by atoms with Crippen LogP contribution in [-0.4, -0.2) is 15.0 Å². The van der Waals surface area contributed by atoms with E-state index in [1.165, 1.54) is 11.1 Å². The molecule has 7 aromatic rings. The van der Waals surface area contributed by atoms with Gasteiger partial charge in [0.2, 0.25) is 5.71 Å². The van der Waals surface area contributed by atoms with Gasteiger partial charge in [-0.1, -0.05) is 65.5 Å². The second-order valence-corrected chi connectivity index (χ2v) is 9.55. The largest absolute Gasteiger partial charge is 0.486 e. The minimum Gasteiger partial charge on any atom is -0.486 e. The van der Waals surface area contributed by atoms with E-state index in [2.05, 4.69) is 64.6 Å². The molecule has 0 amide bonds. The van der Waals surface area contributed by atoms with Gasteiger partial charge in [0.1, 0.15) is 0 Å². The first-order valence-electron chi connectivity index (χ1n) is 13.3. The van der Waals surface area contributed by atoms with Crippen LogP contribution in [0.3, 0.4) is 0 Å². The van der Waals surface area contributed by atoms with Crippen molar-refractivity contribution in [1.82, 2.24) is 15.0 Å². The Morgan fingerprint density at radius 1 is 0.683 bits per heavy atom. The Labute approximate surface area is 253 Å². The molecule has 0 bridgehead atoms. The molecule has 4 heterocycles. The molecule has 4 aromatic heterocycles. The molecule has 0 N–H and O–H groups in total. The Morgan fingerprint density at radius 3 is 2.29 bits per heavy atom. The fourth-order valence-corrected chi connectivity index (χ4v) is 4.60. The molecular formula is C36H27IrN3O-2. The molecule has 3 aromatic carbocycles. The molecule has 0 spiro atoms. The summed E-state index contributed by atoms with van der Waals surface area (Å²) in [7, 11) is 0. The first-order valence-corrected chi connectivity index (χ1v) is 13.3. The Hall–Kier alpha value is -4.44. The quantitative estimate of drug-likeness (QED) is 0.168. The van der Waals surface area contributed by atoms with E-state index in [0.717, 1.165) is 57.4 Å². The van der Waals surface area contributed by atoms with Crippen molar-refractivity contribution in [2.24, 2.45) is 0 Å². The first-order chi connectivity index (χ1) is 19.7. The number of rotatable bonds is 5. The molecular weight excluding hydrogens is 683 g/mol. The second-order valence-electron chi connectivity index (χ2n) is 9.55. The van der Waals surface area contributed by atoms with Crippen molar-refractivity contribution in [3.63, 3.8) is 0 Å². The summed E-state index contributed by atoms with van der Waals surface area (Å²) in [6.07, 6.45) is 5.50. The number of nitrogens with zero attached hydrogens (tertiary/aromatic N) is 3. The fraction of sp³-hybridized carbons (Fsp3) is 0.0833. The summed E-state index contributed by atoms with van der Waals surface area (Å²) in [5.41, 5.74) is 8.74. The van der Waals surface area contributed by atoms with Crippen molar-refractivity contribution < 1.29 is 24.5 Å². The summed E-state index contributed by atoms with van der Waals surface area (Å²) in [6, 6.07) is 42.8. The van der Waals surface area contributed by atoms with Crippen LogP contribution < -0.4 is 0 Å². The van der Waals surface area contributed by atoms with Crippen LogP contribution in [0.4, 0.5) is 0 Å². The van der Waals surface area contributed by atoms with E-state index in [1.807, 2.05) is 79.9 Å². The maximum Gasteiger partial charge on any atom is 0.216 e. The van der Waals surface area contributed by atoms with Crippen molar-refractivity contribution >= 4 is 22.1 Å². The van der Waals surface area contributed by atoms with Gasteiger partial charge >= 0.3 is 0 Å². The van der Waals surface area contributed by atoms with Gasteiger partial charge in [-0.05, 0) is 60.5 Å². The Balaban J connectivity index is 0.000000204. The summed E-state index contributed by atoms with van der Waals surface area (Å²) in [5, 5.41) is 2.08. The van der Waals surface area contributed by atoms with Crippen LogP contribution >= 0.6 is 0 Å². The third-order valence-corrected chi connectivity index (χ3v) is 6.69. The van der Waals surface area contributed by atoms with Crippen molar-refractivity contribution in [1.29, 1.82) is 0 Å². The van der Waals surface area contributed by atoms with Gasteiger partial charge in [0, 0.05) is 43.6 Å². The molecule has 4 nitrogen and oxygen atoms in total. The van der Waals surface area contributed by atoms with Gasteiger partial charge < -0.3 is 14.4 Å². The normalized spacial score (nSPS) is 10.6. The van der Waals surface area contributed by atoms with Crippen LogP contribution in [0.25, 0.3) is 44.6 Å². The summed E-state index contributed by atoms with van der Waals surface area (Å²) in [5.74, 6) is 0. The van der Waals surface area contributed by atoms with E-state index < -0.39 is 0 Å². The monoisotopic (exact) mass is 710 g/mol. The SMILES string of the molecule is Cc1ccc(-c2[c-]cccc2)nc1.[Ir].[c-]1ccc2c(oc3nc(CCc4ccccc4)ccc32)c1-c1ccccn1. The smallest absolute Gasteiger partial charge is 0.216 e. The third kappa shape index (κ3) is 6.66. The topological polar surface area (TPSA) is 51.8 Å². The van der Waals surface area contributed by atoms with E-state index in [4.69, 9.17) is 9.40 Å². The van der Waals surface area contributed by atoms with Gasteiger partial charge in [0.15, 0.2) is 0 Å². The van der Waals surface area contributed by atoms with Gasteiger partial charge in [-0.15, -0.1) is 54.1 Å². The number of hydrogen-bond acceptors (Lipinski definition) is 4. The van der Waals surface area contributed by atoms with Gasteiger partial charge in [-0.3, -0.25) is 0 Å². The average molecular weight is 710 g/mol. The minimum atomic E-state index is 0. The van der Waals surface area contributed by atoms with Crippen molar-refractivity contribution in [3.05, 3.63) is 151 Å². The van der Waals surface area contributed by atoms with Crippen LogP contribution in [0.5, 0.6) is 0 Å². The van der Waals surface area contributed by atoms with Crippen molar-refractivity contribution in [3.8, 4) is 22.5 Å². The number of hydrogen-bond donors (Lipinski definition) is 0. The molecule has 0 atom stereocenters. The van der Waals surface area contributed by atoms with Crippen LogP contribution in [0.1, 0.15) is 16.8 Å². The van der Waals surface area contributed by atoms with Gasteiger partial charge in [0.25, 0.3) is 0 Å². The zero-order valence-corrected chi connectivity index (χ0v) is 24.9. The molecule has 0 aliphatic carbocycles. The average Bonchev–Trinajstić information content (AvgIpc) is 3.40. The van der Waals surface area contributed by atoms with E-state index >= 15 is 0 Å². The molecule has 0 aliphatic heterocycles. The number of furan rings is 1. The Morgan fingerprint density at radius 2 is 1.54 bits per heavy atom. The number of fused-ring (bicyclic) bond motifs is 3. The van der Waals surface area contributed by atoms with Crippen LogP contribution in [0.2, 0.25) is 0 Å². The van der Waals surface area contributed by atoms with Crippen molar-refractivity contribution in [2.45, 2.75) is 19.8 Å². The fourth-order valence-electron chi connectivity index (χ4n) is 4.60. The zero-order chi connectivity index (χ0) is 27.1. The number of pyridine rings is 3. The zero-order valence-electron chi connectivity index (χ0n) is 22.5.